The van der Waals surface area contributed by atoms with Crippen molar-refractivity contribution in [3.05, 3.63) is 48.0 Å². The molecule has 0 saturated heterocycles. The highest BCUT2D eigenvalue weighted by Gasteiger charge is 2.23. The number of rotatable bonds is 3. The summed E-state index contributed by atoms with van der Waals surface area (Å²) >= 11 is 0. The number of hydrogen-bond acceptors (Lipinski definition) is 4. The van der Waals surface area contributed by atoms with Crippen molar-refractivity contribution in [3.8, 4) is 5.75 Å². The Labute approximate surface area is 115 Å². The molecule has 2 rings (SSSR count). The van der Waals surface area contributed by atoms with Crippen molar-refractivity contribution in [2.45, 2.75) is 0 Å². The van der Waals surface area contributed by atoms with E-state index in [9.17, 15) is 9.18 Å². The van der Waals surface area contributed by atoms with Crippen LogP contribution in [0.5, 0.6) is 5.75 Å². The van der Waals surface area contributed by atoms with E-state index in [1.165, 1.54) is 49.7 Å². The molecule has 0 aliphatic rings. The molecule has 0 unspecified atom stereocenters. The van der Waals surface area contributed by atoms with Crippen molar-refractivity contribution in [2.24, 2.45) is 0 Å². The molecule has 1 aromatic heterocycles. The molecule has 0 saturated carbocycles. The first-order valence-electron chi connectivity index (χ1n) is 5.86. The van der Waals surface area contributed by atoms with Crippen LogP contribution in [0.1, 0.15) is 10.4 Å². The zero-order chi connectivity index (χ0) is 14.7. The number of aromatic nitrogens is 1. The fourth-order valence-corrected chi connectivity index (χ4v) is 1.86. The molecule has 20 heavy (non-hydrogen) atoms. The van der Waals surface area contributed by atoms with Crippen LogP contribution in [0.15, 0.2) is 36.7 Å². The number of amides is 1. The molecule has 1 aromatic carbocycles. The van der Waals surface area contributed by atoms with Crippen molar-refractivity contribution < 1.29 is 13.9 Å². The molecule has 5 nitrogen and oxygen atoms in total. The summed E-state index contributed by atoms with van der Waals surface area (Å²) in [4.78, 5) is 17.5. The minimum absolute atomic E-state index is 0.131. The molecule has 1 amide bonds. The second-order valence-electron chi connectivity index (χ2n) is 4.12. The van der Waals surface area contributed by atoms with Crippen molar-refractivity contribution in [1.29, 1.82) is 0 Å². The fourth-order valence-electron chi connectivity index (χ4n) is 1.86. The first kappa shape index (κ1) is 13.8. The fraction of sp³-hybridized carbons (Fsp3) is 0.143. The van der Waals surface area contributed by atoms with Crippen LogP contribution >= 0.6 is 0 Å². The average molecular weight is 275 g/mol. The van der Waals surface area contributed by atoms with Gasteiger partial charge in [0.2, 0.25) is 0 Å². The second-order valence-corrected chi connectivity index (χ2v) is 4.12. The summed E-state index contributed by atoms with van der Waals surface area (Å²) < 4.78 is 18.9. The number of nitrogen functional groups attached to an aromatic ring is 1. The minimum atomic E-state index is -0.645. The Kier molecular flexibility index (Phi) is 3.84. The van der Waals surface area contributed by atoms with Crippen LogP contribution in [-0.2, 0) is 0 Å². The predicted molar refractivity (Wildman–Crippen MR) is 74.3 cm³/mol. The molecule has 0 radical (unpaired) electrons. The topological polar surface area (TPSA) is 68.5 Å². The Balaban J connectivity index is 2.44. The maximum Gasteiger partial charge on any atom is 0.264 e. The van der Waals surface area contributed by atoms with Gasteiger partial charge in [0.1, 0.15) is 17.1 Å². The molecule has 0 bridgehead atoms. The van der Waals surface area contributed by atoms with E-state index in [0.29, 0.717) is 11.4 Å². The van der Waals surface area contributed by atoms with Crippen molar-refractivity contribution in [1.82, 2.24) is 4.98 Å². The summed E-state index contributed by atoms with van der Waals surface area (Å²) in [5.74, 6) is -1.01. The number of nitrogens with zero attached hydrogens (tertiary/aromatic N) is 2. The van der Waals surface area contributed by atoms with Gasteiger partial charge in [-0.05, 0) is 18.2 Å². The lowest BCUT2D eigenvalue weighted by Crippen LogP contribution is -2.28. The molecule has 6 heteroatoms. The van der Waals surface area contributed by atoms with Crippen LogP contribution in [0.3, 0.4) is 0 Å². The van der Waals surface area contributed by atoms with Gasteiger partial charge in [-0.15, -0.1) is 0 Å². The van der Waals surface area contributed by atoms with Crippen LogP contribution in [-0.4, -0.2) is 25.0 Å². The molecule has 0 aliphatic carbocycles. The molecule has 104 valence electrons. The van der Waals surface area contributed by atoms with E-state index in [0.717, 1.165) is 0 Å². The Hall–Kier alpha value is -2.63. The largest absolute Gasteiger partial charge is 0.496 e. The van der Waals surface area contributed by atoms with Crippen LogP contribution in [0.25, 0.3) is 0 Å². The number of carbonyl (C=O) groups is 1. The number of halogens is 1. The molecule has 0 aliphatic heterocycles. The van der Waals surface area contributed by atoms with E-state index in [1.807, 2.05) is 0 Å². The number of nitrogens with two attached hydrogens (primary N) is 1. The molecular formula is C14H14FN3O2. The van der Waals surface area contributed by atoms with Gasteiger partial charge in [-0.3, -0.25) is 9.78 Å². The van der Waals surface area contributed by atoms with E-state index in [4.69, 9.17) is 10.5 Å². The van der Waals surface area contributed by atoms with Crippen LogP contribution in [0.4, 0.5) is 15.8 Å². The normalized spacial score (nSPS) is 10.2. The SMILES string of the molecule is COc1cccc(F)c1C(=O)N(C)c1ccncc1N. The first-order chi connectivity index (χ1) is 9.56. The lowest BCUT2D eigenvalue weighted by Gasteiger charge is -2.20. The van der Waals surface area contributed by atoms with Gasteiger partial charge >= 0.3 is 0 Å². The third-order valence-electron chi connectivity index (χ3n) is 2.90. The third-order valence-corrected chi connectivity index (χ3v) is 2.90. The molecule has 2 aromatic rings. The summed E-state index contributed by atoms with van der Waals surface area (Å²) in [5.41, 5.74) is 6.42. The number of benzene rings is 1. The predicted octanol–water partition coefficient (Wildman–Crippen LogP) is 2.09. The summed E-state index contributed by atoms with van der Waals surface area (Å²) in [7, 11) is 2.90. The standard InChI is InChI=1S/C14H14FN3O2/c1-18(11-6-7-17-8-10(11)16)14(19)13-9(15)4-3-5-12(13)20-2/h3-8H,16H2,1-2H3. The van der Waals surface area contributed by atoms with Crippen LogP contribution in [0, 0.1) is 5.82 Å². The number of pyridine rings is 1. The maximum absolute atomic E-state index is 13.9. The molecule has 0 spiro atoms. The lowest BCUT2D eigenvalue weighted by molar-refractivity contribution is 0.0986. The zero-order valence-corrected chi connectivity index (χ0v) is 11.1. The lowest BCUT2D eigenvalue weighted by atomic mass is 10.1. The molecule has 0 fully saturated rings. The summed E-state index contributed by atoms with van der Waals surface area (Å²) in [6.07, 6.45) is 2.94. The second kappa shape index (κ2) is 5.56. The number of carbonyl (C=O) groups excluding carboxylic acids is 1. The highest BCUT2D eigenvalue weighted by molar-refractivity contribution is 6.09. The van der Waals surface area contributed by atoms with E-state index in [-0.39, 0.29) is 11.3 Å². The number of ether oxygens (including phenoxy) is 1. The molecule has 0 atom stereocenters. The Morgan fingerprint density at radius 1 is 1.40 bits per heavy atom. The minimum Gasteiger partial charge on any atom is -0.496 e. The molecular weight excluding hydrogens is 261 g/mol. The maximum atomic E-state index is 13.9. The molecule has 1 heterocycles. The van der Waals surface area contributed by atoms with Crippen molar-refractivity contribution >= 4 is 17.3 Å². The van der Waals surface area contributed by atoms with Crippen molar-refractivity contribution in [2.75, 3.05) is 24.8 Å². The summed E-state index contributed by atoms with van der Waals surface area (Å²) in [6, 6.07) is 5.80. The van der Waals surface area contributed by atoms with Gasteiger partial charge in [-0.1, -0.05) is 6.07 Å². The van der Waals surface area contributed by atoms with Gasteiger partial charge < -0.3 is 15.4 Å². The molecule has 2 N–H and O–H groups in total. The van der Waals surface area contributed by atoms with Gasteiger partial charge in [0.15, 0.2) is 0 Å². The van der Waals surface area contributed by atoms with Crippen LogP contribution < -0.4 is 15.4 Å². The van der Waals surface area contributed by atoms with Gasteiger partial charge in [0, 0.05) is 13.2 Å². The first-order valence-corrected chi connectivity index (χ1v) is 5.86. The van der Waals surface area contributed by atoms with Crippen molar-refractivity contribution in [3.63, 3.8) is 0 Å². The van der Waals surface area contributed by atoms with Gasteiger partial charge in [0.05, 0.1) is 24.7 Å². The highest BCUT2D eigenvalue weighted by atomic mass is 19.1. The van der Waals surface area contributed by atoms with Gasteiger partial charge in [0.25, 0.3) is 5.91 Å². The van der Waals surface area contributed by atoms with E-state index in [2.05, 4.69) is 4.98 Å². The summed E-state index contributed by atoms with van der Waals surface area (Å²) in [5, 5.41) is 0. The monoisotopic (exact) mass is 275 g/mol. The Morgan fingerprint density at radius 3 is 2.80 bits per heavy atom. The summed E-state index contributed by atoms with van der Waals surface area (Å²) in [6.45, 7) is 0. The smallest absolute Gasteiger partial charge is 0.264 e. The highest BCUT2D eigenvalue weighted by Crippen LogP contribution is 2.27. The van der Waals surface area contributed by atoms with Gasteiger partial charge in [-0.25, -0.2) is 4.39 Å². The Morgan fingerprint density at radius 2 is 2.15 bits per heavy atom. The van der Waals surface area contributed by atoms with E-state index in [1.54, 1.807) is 6.07 Å². The third kappa shape index (κ3) is 2.40. The average Bonchev–Trinajstić information content (AvgIpc) is 2.46. The van der Waals surface area contributed by atoms with Crippen LogP contribution in [0.2, 0.25) is 0 Å². The Bertz CT molecular complexity index is 646. The number of hydrogen-bond donors (Lipinski definition) is 1. The zero-order valence-electron chi connectivity index (χ0n) is 11.1. The van der Waals surface area contributed by atoms with E-state index >= 15 is 0 Å². The quantitative estimate of drug-likeness (QED) is 0.931. The number of anilines is 2. The number of methoxy groups -OCH3 is 1. The van der Waals surface area contributed by atoms with Gasteiger partial charge in [-0.2, -0.15) is 0 Å². The van der Waals surface area contributed by atoms with E-state index < -0.39 is 11.7 Å².